The Morgan fingerprint density at radius 3 is 1.74 bits per heavy atom. The van der Waals surface area contributed by atoms with Crippen molar-refractivity contribution in [3.05, 3.63) is 108 Å². The number of nitrogens with zero attached hydrogens (tertiary/aromatic N) is 1. The van der Waals surface area contributed by atoms with Crippen molar-refractivity contribution < 1.29 is 38.1 Å². The van der Waals surface area contributed by atoms with Crippen molar-refractivity contribution in [1.29, 1.82) is 0 Å². The number of hydrazine groups is 1. The third-order valence-corrected chi connectivity index (χ3v) is 5.69. The van der Waals surface area contributed by atoms with Gasteiger partial charge in [-0.1, -0.05) is 91.0 Å². The van der Waals surface area contributed by atoms with Crippen LogP contribution in [0.1, 0.15) is 43.5 Å². The summed E-state index contributed by atoms with van der Waals surface area (Å²) in [5.41, 5.74) is 3.23. The standard InChI is InChI=1S/C31H35N3O8/c1-31(2,3)42-28(36)32-25(24-18-12-7-13-19-24)26(27(35)39-4)34(30(38)41-21-23-16-10-6-11-17-23)33-29(37)40-20-22-14-8-5-9-15-22/h5-19,25-26H,20-21H2,1-4H3,(H,32,36)(H,33,37)/t25-,26-/m1/s1. The van der Waals surface area contributed by atoms with Crippen molar-refractivity contribution in [2.24, 2.45) is 0 Å². The molecule has 0 spiro atoms. The fourth-order valence-corrected chi connectivity index (χ4v) is 3.82. The number of carbonyl (C=O) groups excluding carboxylic acids is 4. The number of alkyl carbamates (subject to hydrolysis) is 1. The van der Waals surface area contributed by atoms with Gasteiger partial charge in [-0.2, -0.15) is 5.01 Å². The number of methoxy groups -OCH3 is 1. The van der Waals surface area contributed by atoms with Crippen LogP contribution in [0, 0.1) is 0 Å². The topological polar surface area (TPSA) is 132 Å². The number of ether oxygens (including phenoxy) is 4. The van der Waals surface area contributed by atoms with Gasteiger partial charge in [0.1, 0.15) is 18.8 Å². The van der Waals surface area contributed by atoms with Crippen molar-refractivity contribution in [1.82, 2.24) is 15.8 Å². The normalized spacial score (nSPS) is 12.2. The predicted molar refractivity (Wildman–Crippen MR) is 153 cm³/mol. The molecule has 2 atom stereocenters. The zero-order valence-electron chi connectivity index (χ0n) is 23.9. The first kappa shape index (κ1) is 31.5. The molecule has 222 valence electrons. The third-order valence-electron chi connectivity index (χ3n) is 5.69. The number of hydrogen-bond donors (Lipinski definition) is 2. The molecular formula is C31H35N3O8. The fourth-order valence-electron chi connectivity index (χ4n) is 3.82. The minimum atomic E-state index is -1.64. The van der Waals surface area contributed by atoms with Crippen LogP contribution in [-0.2, 0) is 37.0 Å². The van der Waals surface area contributed by atoms with Gasteiger partial charge in [-0.3, -0.25) is 0 Å². The van der Waals surface area contributed by atoms with Crippen molar-refractivity contribution in [3.63, 3.8) is 0 Å². The van der Waals surface area contributed by atoms with E-state index < -0.39 is 41.9 Å². The molecule has 0 aliphatic rings. The first-order valence-corrected chi connectivity index (χ1v) is 13.2. The molecule has 3 aromatic rings. The quantitative estimate of drug-likeness (QED) is 0.200. The van der Waals surface area contributed by atoms with E-state index in [0.29, 0.717) is 21.7 Å². The summed E-state index contributed by atoms with van der Waals surface area (Å²) in [6.07, 6.45) is -3.01. The van der Waals surface area contributed by atoms with E-state index in [1.165, 1.54) is 0 Å². The number of amides is 3. The van der Waals surface area contributed by atoms with Gasteiger partial charge in [0.15, 0.2) is 6.04 Å². The molecule has 0 heterocycles. The Morgan fingerprint density at radius 2 is 1.24 bits per heavy atom. The zero-order chi connectivity index (χ0) is 30.5. The lowest BCUT2D eigenvalue weighted by Gasteiger charge is -2.34. The Labute approximate surface area is 244 Å². The monoisotopic (exact) mass is 577 g/mol. The van der Waals surface area contributed by atoms with Crippen LogP contribution in [0.4, 0.5) is 14.4 Å². The lowest BCUT2D eigenvalue weighted by atomic mass is 9.99. The number of benzene rings is 3. The zero-order valence-corrected chi connectivity index (χ0v) is 23.9. The lowest BCUT2D eigenvalue weighted by Crippen LogP contribution is -2.60. The molecule has 11 nitrogen and oxygen atoms in total. The Hall–Kier alpha value is -5.06. The highest BCUT2D eigenvalue weighted by atomic mass is 16.6. The summed E-state index contributed by atoms with van der Waals surface area (Å²) < 4.78 is 21.2. The number of nitrogens with one attached hydrogen (secondary N) is 2. The van der Waals surface area contributed by atoms with E-state index in [-0.39, 0.29) is 13.2 Å². The summed E-state index contributed by atoms with van der Waals surface area (Å²) >= 11 is 0. The highest BCUT2D eigenvalue weighted by molar-refractivity contribution is 5.85. The smallest absolute Gasteiger partial charge is 0.430 e. The highest BCUT2D eigenvalue weighted by Crippen LogP contribution is 2.24. The molecule has 0 fully saturated rings. The average Bonchev–Trinajstić information content (AvgIpc) is 2.98. The van der Waals surface area contributed by atoms with Gasteiger partial charge < -0.3 is 24.3 Å². The molecule has 3 rings (SSSR count). The van der Waals surface area contributed by atoms with E-state index in [9.17, 15) is 19.2 Å². The molecule has 42 heavy (non-hydrogen) atoms. The number of rotatable bonds is 9. The van der Waals surface area contributed by atoms with Crippen LogP contribution in [0.15, 0.2) is 91.0 Å². The summed E-state index contributed by atoms with van der Waals surface area (Å²) in [6.45, 7) is 4.76. The number of esters is 1. The van der Waals surface area contributed by atoms with E-state index in [1.807, 2.05) is 12.1 Å². The van der Waals surface area contributed by atoms with E-state index in [1.54, 1.807) is 99.6 Å². The van der Waals surface area contributed by atoms with Crippen LogP contribution >= 0.6 is 0 Å². The van der Waals surface area contributed by atoms with Crippen molar-refractivity contribution in [3.8, 4) is 0 Å². The molecule has 2 N–H and O–H groups in total. The van der Waals surface area contributed by atoms with Crippen molar-refractivity contribution >= 4 is 24.2 Å². The van der Waals surface area contributed by atoms with Crippen LogP contribution in [0.3, 0.4) is 0 Å². The van der Waals surface area contributed by atoms with E-state index in [4.69, 9.17) is 18.9 Å². The number of hydrogen-bond acceptors (Lipinski definition) is 8. The SMILES string of the molecule is COC(=O)[C@@H]([C@H](NC(=O)OC(C)(C)C)c1ccccc1)N(NC(=O)OCc1ccccc1)C(=O)OCc1ccccc1. The van der Waals surface area contributed by atoms with Gasteiger partial charge >= 0.3 is 24.2 Å². The maximum absolute atomic E-state index is 13.5. The van der Waals surface area contributed by atoms with Gasteiger partial charge in [-0.25, -0.2) is 24.6 Å². The molecule has 0 aliphatic heterocycles. The molecule has 0 unspecified atom stereocenters. The van der Waals surface area contributed by atoms with Gasteiger partial charge in [-0.15, -0.1) is 0 Å². The van der Waals surface area contributed by atoms with Crippen molar-refractivity contribution in [2.45, 2.75) is 51.7 Å². The number of carbonyl (C=O) groups is 4. The van der Waals surface area contributed by atoms with Crippen LogP contribution in [-0.4, -0.2) is 48.0 Å². The molecule has 0 aromatic heterocycles. The second kappa shape index (κ2) is 15.1. The van der Waals surface area contributed by atoms with Crippen LogP contribution < -0.4 is 10.7 Å². The van der Waals surface area contributed by atoms with E-state index in [2.05, 4.69) is 10.7 Å². The summed E-state index contributed by atoms with van der Waals surface area (Å²) in [5, 5.41) is 3.29. The lowest BCUT2D eigenvalue weighted by molar-refractivity contribution is -0.148. The van der Waals surface area contributed by atoms with Gasteiger partial charge in [0.05, 0.1) is 13.2 Å². The summed E-state index contributed by atoms with van der Waals surface area (Å²) in [6, 6.07) is 23.2. The Bertz CT molecular complexity index is 1310. The van der Waals surface area contributed by atoms with Crippen molar-refractivity contribution in [2.75, 3.05) is 7.11 Å². The van der Waals surface area contributed by atoms with E-state index >= 15 is 0 Å². The van der Waals surface area contributed by atoms with Gasteiger partial charge in [-0.05, 0) is 37.5 Å². The molecule has 0 saturated carbocycles. The van der Waals surface area contributed by atoms with E-state index in [0.717, 1.165) is 7.11 Å². The summed E-state index contributed by atoms with van der Waals surface area (Å²) in [5.74, 6) is -0.958. The summed E-state index contributed by atoms with van der Waals surface area (Å²) in [7, 11) is 1.12. The Balaban J connectivity index is 1.97. The molecule has 0 radical (unpaired) electrons. The first-order valence-electron chi connectivity index (χ1n) is 13.2. The average molecular weight is 578 g/mol. The molecular weight excluding hydrogens is 542 g/mol. The minimum absolute atomic E-state index is 0.110. The first-order chi connectivity index (χ1) is 20.1. The van der Waals surface area contributed by atoms with Gasteiger partial charge in [0, 0.05) is 0 Å². The molecule has 11 heteroatoms. The molecule has 3 amide bonds. The maximum atomic E-state index is 13.5. The second-order valence-corrected chi connectivity index (χ2v) is 10.1. The maximum Gasteiger partial charge on any atom is 0.430 e. The molecule has 0 bridgehead atoms. The van der Waals surface area contributed by atoms with Crippen LogP contribution in [0.2, 0.25) is 0 Å². The Kier molecular flexibility index (Phi) is 11.3. The fraction of sp³-hybridized carbons (Fsp3) is 0.290. The molecule has 3 aromatic carbocycles. The molecule has 0 saturated heterocycles. The second-order valence-electron chi connectivity index (χ2n) is 10.1. The summed E-state index contributed by atoms with van der Waals surface area (Å²) in [4.78, 5) is 52.7. The Morgan fingerprint density at radius 1 is 0.738 bits per heavy atom. The predicted octanol–water partition coefficient (Wildman–Crippen LogP) is 5.27. The third kappa shape index (κ3) is 9.84. The highest BCUT2D eigenvalue weighted by Gasteiger charge is 2.42. The van der Waals surface area contributed by atoms with Crippen LogP contribution in [0.5, 0.6) is 0 Å². The van der Waals surface area contributed by atoms with Gasteiger partial charge in [0.2, 0.25) is 0 Å². The largest absolute Gasteiger partial charge is 0.467 e. The minimum Gasteiger partial charge on any atom is -0.467 e. The van der Waals surface area contributed by atoms with Crippen LogP contribution in [0.25, 0.3) is 0 Å². The molecule has 0 aliphatic carbocycles. The van der Waals surface area contributed by atoms with Gasteiger partial charge in [0.25, 0.3) is 0 Å².